The molecular weight excluding hydrogens is 414 g/mol. The lowest BCUT2D eigenvalue weighted by molar-refractivity contribution is -0.135. The molecule has 2 heterocycles. The van der Waals surface area contributed by atoms with Crippen molar-refractivity contribution >= 4 is 42.3 Å². The van der Waals surface area contributed by atoms with Gasteiger partial charge in [0, 0.05) is 49.7 Å². The third-order valence-electron chi connectivity index (χ3n) is 4.54. The van der Waals surface area contributed by atoms with Crippen LogP contribution >= 0.6 is 36.4 Å². The molecule has 1 atom stereocenters. The molecular formula is C16H21Cl3F3N3O. The molecule has 1 amide bonds. The Kier molecular flexibility index (Phi) is 8.48. The minimum Gasteiger partial charge on any atom is -0.339 e. The molecule has 0 aromatic heterocycles. The monoisotopic (exact) mass is 433 g/mol. The molecule has 2 aliphatic rings. The Morgan fingerprint density at radius 2 is 1.88 bits per heavy atom. The Bertz CT molecular complexity index is 608. The SMILES string of the molecule is Cl.Cl.O=C(C1CC(F)(F)CN1)N1CCN(Cc2c(F)cccc2Cl)CC1. The number of halogens is 6. The molecule has 0 spiro atoms. The fourth-order valence-corrected chi connectivity index (χ4v) is 3.37. The highest BCUT2D eigenvalue weighted by Gasteiger charge is 2.43. The number of rotatable bonds is 3. The standard InChI is InChI=1S/C16H19ClF3N3O.2ClH/c17-12-2-1-3-13(18)11(12)9-22-4-6-23(7-5-22)15(24)14-8-16(19,20)10-21-14;;/h1-3,14,21H,4-10H2;2*1H. The summed E-state index contributed by atoms with van der Waals surface area (Å²) in [6.07, 6.45) is -0.448. The van der Waals surface area contributed by atoms with Gasteiger partial charge in [0.05, 0.1) is 12.6 Å². The van der Waals surface area contributed by atoms with Crippen LogP contribution in [0.2, 0.25) is 5.02 Å². The summed E-state index contributed by atoms with van der Waals surface area (Å²) < 4.78 is 40.3. The molecule has 2 fully saturated rings. The zero-order valence-corrected chi connectivity index (χ0v) is 16.3. The lowest BCUT2D eigenvalue weighted by Gasteiger charge is -2.36. The van der Waals surface area contributed by atoms with Crippen LogP contribution in [0.3, 0.4) is 0 Å². The summed E-state index contributed by atoms with van der Waals surface area (Å²) in [6, 6.07) is 3.76. The molecule has 0 aliphatic carbocycles. The van der Waals surface area contributed by atoms with Crippen LogP contribution in [0.1, 0.15) is 12.0 Å². The van der Waals surface area contributed by atoms with Gasteiger partial charge in [-0.1, -0.05) is 17.7 Å². The minimum absolute atomic E-state index is 0. The van der Waals surface area contributed by atoms with Crippen molar-refractivity contribution in [2.24, 2.45) is 0 Å². The highest BCUT2D eigenvalue weighted by molar-refractivity contribution is 6.31. The van der Waals surface area contributed by atoms with Gasteiger partial charge in [-0.3, -0.25) is 15.0 Å². The van der Waals surface area contributed by atoms with Gasteiger partial charge in [0.1, 0.15) is 5.82 Å². The molecule has 10 heteroatoms. The van der Waals surface area contributed by atoms with E-state index in [9.17, 15) is 18.0 Å². The minimum atomic E-state index is -2.82. The van der Waals surface area contributed by atoms with Crippen LogP contribution in [0, 0.1) is 5.82 Å². The smallest absolute Gasteiger partial charge is 0.262 e. The van der Waals surface area contributed by atoms with Crippen molar-refractivity contribution in [1.29, 1.82) is 0 Å². The molecule has 26 heavy (non-hydrogen) atoms. The van der Waals surface area contributed by atoms with E-state index in [0.29, 0.717) is 43.3 Å². The van der Waals surface area contributed by atoms with Crippen LogP contribution in [-0.4, -0.2) is 60.4 Å². The fraction of sp³-hybridized carbons (Fsp3) is 0.562. The van der Waals surface area contributed by atoms with E-state index in [1.807, 2.05) is 4.90 Å². The van der Waals surface area contributed by atoms with Gasteiger partial charge in [0.15, 0.2) is 0 Å². The normalized spacial score (nSPS) is 22.5. The quantitative estimate of drug-likeness (QED) is 0.794. The molecule has 4 nitrogen and oxygen atoms in total. The topological polar surface area (TPSA) is 35.6 Å². The number of carbonyl (C=O) groups is 1. The van der Waals surface area contributed by atoms with Gasteiger partial charge in [-0.2, -0.15) is 0 Å². The van der Waals surface area contributed by atoms with Crippen LogP contribution in [0.4, 0.5) is 13.2 Å². The van der Waals surface area contributed by atoms with Crippen LogP contribution in [0.15, 0.2) is 18.2 Å². The Morgan fingerprint density at radius 3 is 2.42 bits per heavy atom. The maximum Gasteiger partial charge on any atom is 0.262 e. The molecule has 1 aromatic rings. The maximum atomic E-state index is 13.8. The van der Waals surface area contributed by atoms with Crippen molar-refractivity contribution in [3.63, 3.8) is 0 Å². The zero-order valence-electron chi connectivity index (χ0n) is 13.9. The van der Waals surface area contributed by atoms with Crippen LogP contribution < -0.4 is 5.32 Å². The molecule has 0 radical (unpaired) electrons. The second kappa shape index (κ2) is 9.46. The summed E-state index contributed by atoms with van der Waals surface area (Å²) in [6.45, 7) is 1.91. The van der Waals surface area contributed by atoms with Gasteiger partial charge in [0.25, 0.3) is 5.92 Å². The average Bonchev–Trinajstić information content (AvgIpc) is 2.91. The van der Waals surface area contributed by atoms with Crippen molar-refractivity contribution < 1.29 is 18.0 Å². The van der Waals surface area contributed by atoms with Gasteiger partial charge in [-0.15, -0.1) is 24.8 Å². The van der Waals surface area contributed by atoms with Crippen LogP contribution in [0.25, 0.3) is 0 Å². The van der Waals surface area contributed by atoms with Gasteiger partial charge < -0.3 is 4.90 Å². The van der Waals surface area contributed by atoms with E-state index >= 15 is 0 Å². The lowest BCUT2D eigenvalue weighted by Crippen LogP contribution is -2.52. The number of hydrogen-bond donors (Lipinski definition) is 1. The number of piperazine rings is 1. The van der Waals surface area contributed by atoms with Crippen molar-refractivity contribution in [1.82, 2.24) is 15.1 Å². The Hall–Kier alpha value is -0.730. The van der Waals surface area contributed by atoms with Gasteiger partial charge in [0.2, 0.25) is 5.91 Å². The number of amides is 1. The van der Waals surface area contributed by atoms with E-state index in [1.165, 1.54) is 6.07 Å². The number of hydrogen-bond acceptors (Lipinski definition) is 3. The van der Waals surface area contributed by atoms with Crippen molar-refractivity contribution in [2.75, 3.05) is 32.7 Å². The number of carbonyl (C=O) groups excluding carboxylic acids is 1. The second-order valence-corrected chi connectivity index (χ2v) is 6.70. The molecule has 2 saturated heterocycles. The number of alkyl halides is 2. The van der Waals surface area contributed by atoms with E-state index in [1.54, 1.807) is 17.0 Å². The van der Waals surface area contributed by atoms with Gasteiger partial charge >= 0.3 is 0 Å². The average molecular weight is 435 g/mol. The number of nitrogens with one attached hydrogen (secondary N) is 1. The lowest BCUT2D eigenvalue weighted by atomic mass is 10.1. The molecule has 0 saturated carbocycles. The molecule has 2 aliphatic heterocycles. The third-order valence-corrected chi connectivity index (χ3v) is 4.89. The molecule has 1 unspecified atom stereocenters. The Labute approximate surface area is 167 Å². The van der Waals surface area contributed by atoms with E-state index in [2.05, 4.69) is 5.32 Å². The van der Waals surface area contributed by atoms with Crippen molar-refractivity contribution in [3.05, 3.63) is 34.6 Å². The van der Waals surface area contributed by atoms with Crippen molar-refractivity contribution in [2.45, 2.75) is 24.9 Å². The van der Waals surface area contributed by atoms with E-state index < -0.39 is 24.9 Å². The molecule has 148 valence electrons. The summed E-state index contributed by atoms with van der Waals surface area (Å²) in [5.74, 6) is -3.45. The highest BCUT2D eigenvalue weighted by Crippen LogP contribution is 2.26. The first-order chi connectivity index (χ1) is 11.4. The van der Waals surface area contributed by atoms with Crippen LogP contribution in [0.5, 0.6) is 0 Å². The predicted molar refractivity (Wildman–Crippen MR) is 99.1 cm³/mol. The fourth-order valence-electron chi connectivity index (χ4n) is 3.14. The van der Waals surface area contributed by atoms with E-state index in [0.717, 1.165) is 0 Å². The summed E-state index contributed by atoms with van der Waals surface area (Å²) in [4.78, 5) is 15.9. The van der Waals surface area contributed by atoms with Gasteiger partial charge in [-0.05, 0) is 12.1 Å². The summed E-state index contributed by atoms with van der Waals surface area (Å²) in [5, 5.41) is 2.97. The maximum absolute atomic E-state index is 13.8. The van der Waals surface area contributed by atoms with Gasteiger partial charge in [-0.25, -0.2) is 13.2 Å². The Balaban J connectivity index is 0.00000169. The summed E-state index contributed by atoms with van der Waals surface area (Å²) in [7, 11) is 0. The predicted octanol–water partition coefficient (Wildman–Crippen LogP) is 2.96. The van der Waals surface area contributed by atoms with E-state index in [4.69, 9.17) is 11.6 Å². The first kappa shape index (κ1) is 23.3. The number of benzene rings is 1. The first-order valence-electron chi connectivity index (χ1n) is 7.91. The Morgan fingerprint density at radius 1 is 1.23 bits per heavy atom. The largest absolute Gasteiger partial charge is 0.339 e. The van der Waals surface area contributed by atoms with Crippen molar-refractivity contribution in [3.8, 4) is 0 Å². The molecule has 0 bridgehead atoms. The summed E-state index contributed by atoms with van der Waals surface area (Å²) >= 11 is 6.03. The summed E-state index contributed by atoms with van der Waals surface area (Å²) in [5.41, 5.74) is 0.441. The third kappa shape index (κ3) is 5.39. The number of nitrogens with zero attached hydrogens (tertiary/aromatic N) is 2. The first-order valence-corrected chi connectivity index (χ1v) is 8.29. The molecule has 1 N–H and O–H groups in total. The van der Waals surface area contributed by atoms with E-state index in [-0.39, 0.29) is 36.5 Å². The molecule has 1 aromatic carbocycles. The molecule has 3 rings (SSSR count). The van der Waals surface area contributed by atoms with Crippen LogP contribution in [-0.2, 0) is 11.3 Å². The zero-order chi connectivity index (χ0) is 17.3. The highest BCUT2D eigenvalue weighted by atomic mass is 35.5. The second-order valence-electron chi connectivity index (χ2n) is 6.30.